The van der Waals surface area contributed by atoms with Gasteiger partial charge in [-0.25, -0.2) is 0 Å². The second kappa shape index (κ2) is 6.71. The van der Waals surface area contributed by atoms with E-state index in [1.54, 1.807) is 22.3 Å². The number of nitrogens with one attached hydrogen (secondary N) is 1. The van der Waals surface area contributed by atoms with Crippen LogP contribution >= 0.6 is 0 Å². The van der Waals surface area contributed by atoms with Gasteiger partial charge in [0.15, 0.2) is 0 Å². The van der Waals surface area contributed by atoms with E-state index < -0.39 is 0 Å². The lowest BCUT2D eigenvalue weighted by Gasteiger charge is -2.17. The Morgan fingerprint density at radius 1 is 0.556 bits per heavy atom. The van der Waals surface area contributed by atoms with Gasteiger partial charge in [-0.3, -0.25) is 0 Å². The zero-order valence-corrected chi connectivity index (χ0v) is 16.6. The maximum absolute atomic E-state index is 3.80. The molecule has 0 fully saturated rings. The van der Waals surface area contributed by atoms with Crippen molar-refractivity contribution in [2.24, 2.45) is 0 Å². The summed E-state index contributed by atoms with van der Waals surface area (Å²) in [4.78, 5) is 3.80. The summed E-state index contributed by atoms with van der Waals surface area (Å²) in [5, 5.41) is 0. The third-order valence-corrected chi connectivity index (χ3v) is 6.84. The van der Waals surface area contributed by atoms with E-state index in [-0.39, 0.29) is 0 Å². The van der Waals surface area contributed by atoms with Crippen LogP contribution in [0.4, 0.5) is 0 Å². The van der Waals surface area contributed by atoms with Crippen molar-refractivity contribution >= 4 is 0 Å². The molecular formula is C26H29N. The lowest BCUT2D eigenvalue weighted by atomic mass is 9.89. The summed E-state index contributed by atoms with van der Waals surface area (Å²) >= 11 is 0. The fourth-order valence-corrected chi connectivity index (χ4v) is 5.04. The second-order valence-electron chi connectivity index (χ2n) is 8.51. The number of fused-ring (bicyclic) bond motifs is 2. The highest BCUT2D eigenvalue weighted by molar-refractivity contribution is 5.76. The second-order valence-corrected chi connectivity index (χ2v) is 8.51. The molecule has 0 atom stereocenters. The zero-order valence-electron chi connectivity index (χ0n) is 16.6. The highest BCUT2D eigenvalue weighted by Crippen LogP contribution is 2.36. The van der Waals surface area contributed by atoms with E-state index in [0.29, 0.717) is 0 Å². The first-order valence-corrected chi connectivity index (χ1v) is 10.6. The minimum Gasteiger partial charge on any atom is -0.354 e. The fourth-order valence-electron chi connectivity index (χ4n) is 5.04. The van der Waals surface area contributed by atoms with Gasteiger partial charge in [-0.15, -0.1) is 0 Å². The molecule has 0 saturated carbocycles. The van der Waals surface area contributed by atoms with Gasteiger partial charge >= 0.3 is 0 Å². The smallest absolute Gasteiger partial charge is 0.0491 e. The summed E-state index contributed by atoms with van der Waals surface area (Å²) in [7, 11) is 0. The third-order valence-electron chi connectivity index (χ3n) is 6.84. The van der Waals surface area contributed by atoms with Crippen LogP contribution in [0.1, 0.15) is 59.1 Å². The maximum Gasteiger partial charge on any atom is 0.0491 e. The summed E-state index contributed by atoms with van der Waals surface area (Å²) in [6.45, 7) is 4.53. The highest BCUT2D eigenvalue weighted by atomic mass is 14.7. The van der Waals surface area contributed by atoms with Crippen molar-refractivity contribution in [1.29, 1.82) is 0 Å². The number of H-pyrrole nitrogens is 1. The van der Waals surface area contributed by atoms with E-state index in [0.717, 1.165) is 0 Å². The molecule has 0 spiro atoms. The van der Waals surface area contributed by atoms with Crippen LogP contribution in [0.2, 0.25) is 0 Å². The summed E-state index contributed by atoms with van der Waals surface area (Å²) in [5.74, 6) is 0. The third kappa shape index (κ3) is 2.94. The molecule has 5 rings (SSSR count). The van der Waals surface area contributed by atoms with Gasteiger partial charge in [0.2, 0.25) is 0 Å². The van der Waals surface area contributed by atoms with E-state index in [1.807, 2.05) is 0 Å². The molecule has 1 aromatic heterocycles. The molecule has 138 valence electrons. The van der Waals surface area contributed by atoms with Crippen molar-refractivity contribution in [3.63, 3.8) is 0 Å². The minimum atomic E-state index is 1.24. The molecule has 0 aliphatic heterocycles. The molecule has 0 amide bonds. The minimum absolute atomic E-state index is 1.24. The molecule has 2 aliphatic rings. The summed E-state index contributed by atoms with van der Waals surface area (Å²) in [6.07, 6.45) is 10.3. The Morgan fingerprint density at radius 3 is 1.41 bits per heavy atom. The Hall–Kier alpha value is -2.28. The zero-order chi connectivity index (χ0) is 18.4. The summed E-state index contributed by atoms with van der Waals surface area (Å²) < 4.78 is 0. The molecule has 27 heavy (non-hydrogen) atoms. The van der Waals surface area contributed by atoms with Crippen molar-refractivity contribution in [1.82, 2.24) is 4.98 Å². The van der Waals surface area contributed by atoms with Gasteiger partial charge in [-0.1, -0.05) is 24.3 Å². The topological polar surface area (TPSA) is 15.8 Å². The average Bonchev–Trinajstić information content (AvgIpc) is 3.02. The first-order chi connectivity index (χ1) is 13.2. The molecule has 1 nitrogen and oxygen atoms in total. The van der Waals surface area contributed by atoms with Gasteiger partial charge < -0.3 is 4.98 Å². The molecule has 1 N–H and O–H groups in total. The van der Waals surface area contributed by atoms with Crippen LogP contribution in [0.5, 0.6) is 0 Å². The van der Waals surface area contributed by atoms with E-state index in [4.69, 9.17) is 0 Å². The lowest BCUT2D eigenvalue weighted by molar-refractivity contribution is 0.686. The molecule has 1 heterocycles. The van der Waals surface area contributed by atoms with Gasteiger partial charge in [0.05, 0.1) is 0 Å². The van der Waals surface area contributed by atoms with Gasteiger partial charge in [0.25, 0.3) is 0 Å². The van der Waals surface area contributed by atoms with Crippen LogP contribution in [-0.2, 0) is 25.7 Å². The lowest BCUT2D eigenvalue weighted by Crippen LogP contribution is -2.02. The average molecular weight is 356 g/mol. The molecule has 0 radical (unpaired) electrons. The fraction of sp³-hybridized carbons (Fsp3) is 0.385. The number of aromatic amines is 1. The molecular weight excluding hydrogens is 326 g/mol. The number of hydrogen-bond donors (Lipinski definition) is 1. The Morgan fingerprint density at radius 2 is 0.963 bits per heavy atom. The Balaban J connectivity index is 1.57. The first kappa shape index (κ1) is 16.9. The monoisotopic (exact) mass is 355 g/mol. The standard InChI is InChI=1S/C26H29N/c1-17-18(2)26(24-14-12-20-8-4-6-10-22(20)16-24)27-25(17)23-13-11-19-7-3-5-9-21(19)15-23/h11-16,27H,3-10H2,1-2H3. The molecule has 1 heteroatoms. The number of aromatic nitrogens is 1. The summed E-state index contributed by atoms with van der Waals surface area (Å²) in [6, 6.07) is 14.2. The predicted octanol–water partition coefficient (Wildman–Crippen LogP) is 6.72. The van der Waals surface area contributed by atoms with Crippen LogP contribution in [0.15, 0.2) is 36.4 Å². The van der Waals surface area contributed by atoms with E-state index in [2.05, 4.69) is 55.2 Å². The molecule has 0 unspecified atom stereocenters. The highest BCUT2D eigenvalue weighted by Gasteiger charge is 2.17. The van der Waals surface area contributed by atoms with Crippen LogP contribution < -0.4 is 0 Å². The van der Waals surface area contributed by atoms with Crippen LogP contribution in [0.3, 0.4) is 0 Å². The summed E-state index contributed by atoms with van der Waals surface area (Å²) in [5.41, 5.74) is 14.3. The molecule has 3 aromatic rings. The largest absolute Gasteiger partial charge is 0.354 e. The number of rotatable bonds is 2. The van der Waals surface area contributed by atoms with Gasteiger partial charge in [0, 0.05) is 11.4 Å². The van der Waals surface area contributed by atoms with Crippen molar-refractivity contribution in [2.75, 3.05) is 0 Å². The SMILES string of the molecule is Cc1c(-c2ccc3c(c2)CCCC3)[nH]c(-c2ccc3c(c2)CCCC3)c1C. The molecule has 0 saturated heterocycles. The van der Waals surface area contributed by atoms with Crippen molar-refractivity contribution in [3.8, 4) is 22.5 Å². The van der Waals surface area contributed by atoms with Crippen LogP contribution in [0, 0.1) is 13.8 Å². The quantitative estimate of drug-likeness (QED) is 0.525. The van der Waals surface area contributed by atoms with Crippen molar-refractivity contribution in [2.45, 2.75) is 65.2 Å². The molecule has 0 bridgehead atoms. The van der Waals surface area contributed by atoms with Crippen LogP contribution in [0.25, 0.3) is 22.5 Å². The Bertz CT molecular complexity index is 925. The van der Waals surface area contributed by atoms with Crippen molar-refractivity contribution in [3.05, 3.63) is 69.8 Å². The van der Waals surface area contributed by atoms with E-state index >= 15 is 0 Å². The maximum atomic E-state index is 3.80. The van der Waals surface area contributed by atoms with Gasteiger partial charge in [-0.05, 0) is 122 Å². The molecule has 2 aliphatic carbocycles. The number of benzene rings is 2. The van der Waals surface area contributed by atoms with Gasteiger partial charge in [0.1, 0.15) is 0 Å². The molecule has 2 aromatic carbocycles. The first-order valence-electron chi connectivity index (χ1n) is 10.6. The normalized spacial score (nSPS) is 16.1. The Labute approximate surface area is 162 Å². The van der Waals surface area contributed by atoms with E-state index in [1.165, 1.54) is 85.0 Å². The van der Waals surface area contributed by atoms with Gasteiger partial charge in [-0.2, -0.15) is 0 Å². The van der Waals surface area contributed by atoms with E-state index in [9.17, 15) is 0 Å². The van der Waals surface area contributed by atoms with Crippen LogP contribution in [-0.4, -0.2) is 4.98 Å². The van der Waals surface area contributed by atoms with Crippen molar-refractivity contribution < 1.29 is 0 Å². The predicted molar refractivity (Wildman–Crippen MR) is 114 cm³/mol. The number of aryl methyl sites for hydroxylation is 4. The Kier molecular flexibility index (Phi) is 4.19. The number of hydrogen-bond acceptors (Lipinski definition) is 0.